The Kier molecular flexibility index (Phi) is 7.93. The van der Waals surface area contributed by atoms with Crippen molar-refractivity contribution in [3.63, 3.8) is 0 Å². The monoisotopic (exact) mass is 466 g/mol. The second-order valence-corrected chi connectivity index (χ2v) is 10.3. The topological polar surface area (TPSA) is 102 Å². The third-order valence-electron chi connectivity index (χ3n) is 4.90. The van der Waals surface area contributed by atoms with E-state index in [1.807, 2.05) is 19.9 Å². The van der Waals surface area contributed by atoms with Gasteiger partial charge in [-0.05, 0) is 12.0 Å². The van der Waals surface area contributed by atoms with Crippen molar-refractivity contribution in [1.29, 1.82) is 0 Å². The van der Waals surface area contributed by atoms with Crippen molar-refractivity contribution in [3.8, 4) is 29.6 Å². The van der Waals surface area contributed by atoms with E-state index in [0.717, 1.165) is 5.56 Å². The average Bonchev–Trinajstić information content (AvgIpc) is 2.73. The van der Waals surface area contributed by atoms with Crippen LogP contribution in [0.3, 0.4) is 0 Å². The van der Waals surface area contributed by atoms with Gasteiger partial charge in [0.1, 0.15) is 11.5 Å². The molecule has 34 heavy (non-hydrogen) atoms. The van der Waals surface area contributed by atoms with Gasteiger partial charge in [-0.1, -0.05) is 61.3 Å². The van der Waals surface area contributed by atoms with Gasteiger partial charge in [-0.15, -0.1) is 6.42 Å². The summed E-state index contributed by atoms with van der Waals surface area (Å²) in [6, 6.07) is 3.54. The molecule has 0 aliphatic carbocycles. The number of carbonyl (C=O) groups is 2. The van der Waals surface area contributed by atoms with Gasteiger partial charge in [-0.25, -0.2) is 4.98 Å². The molecule has 0 fully saturated rings. The van der Waals surface area contributed by atoms with Crippen molar-refractivity contribution >= 4 is 23.6 Å². The summed E-state index contributed by atoms with van der Waals surface area (Å²) >= 11 is 0. The Bertz CT molecular complexity index is 1120. The van der Waals surface area contributed by atoms with Gasteiger partial charge in [0.15, 0.2) is 11.6 Å². The minimum atomic E-state index is -0.684. The number of aromatic nitrogens is 2. The number of methoxy groups -OCH3 is 1. The molecule has 0 aliphatic heterocycles. The Labute approximate surface area is 201 Å². The summed E-state index contributed by atoms with van der Waals surface area (Å²) < 4.78 is 11.6. The van der Waals surface area contributed by atoms with E-state index in [-0.39, 0.29) is 35.2 Å². The van der Waals surface area contributed by atoms with E-state index in [1.165, 1.54) is 6.20 Å². The van der Waals surface area contributed by atoms with E-state index < -0.39 is 10.8 Å². The minimum Gasteiger partial charge on any atom is -0.495 e. The highest BCUT2D eigenvalue weighted by molar-refractivity contribution is 5.96. The van der Waals surface area contributed by atoms with Gasteiger partial charge in [0.2, 0.25) is 17.8 Å². The highest BCUT2D eigenvalue weighted by Gasteiger charge is 2.26. The number of amides is 2. The predicted octanol–water partition coefficient (Wildman–Crippen LogP) is 5.35. The number of rotatable bonds is 6. The molecule has 0 aliphatic rings. The van der Waals surface area contributed by atoms with Crippen molar-refractivity contribution in [3.05, 3.63) is 29.5 Å². The van der Waals surface area contributed by atoms with Gasteiger partial charge < -0.3 is 14.8 Å². The summed E-state index contributed by atoms with van der Waals surface area (Å²) in [5.41, 5.74) is 0.0525. The number of hydrogen-bond donors (Lipinski definition) is 2. The van der Waals surface area contributed by atoms with Crippen molar-refractivity contribution in [2.75, 3.05) is 17.7 Å². The van der Waals surface area contributed by atoms with Gasteiger partial charge in [0.25, 0.3) is 0 Å². The molecule has 0 saturated heterocycles. The lowest BCUT2D eigenvalue weighted by molar-refractivity contribution is -0.123. The molecule has 2 N–H and O–H groups in total. The Morgan fingerprint density at radius 2 is 1.56 bits per heavy atom. The fourth-order valence-electron chi connectivity index (χ4n) is 2.69. The number of terminal acetylenes is 1. The molecule has 8 heteroatoms. The summed E-state index contributed by atoms with van der Waals surface area (Å²) in [4.78, 5) is 33.7. The zero-order chi connectivity index (χ0) is 25.8. The molecule has 1 heterocycles. The molecule has 2 aromatic rings. The molecule has 0 radical (unpaired) electrons. The van der Waals surface area contributed by atoms with Crippen molar-refractivity contribution in [2.24, 2.45) is 10.8 Å². The maximum Gasteiger partial charge on any atom is 0.232 e. The highest BCUT2D eigenvalue weighted by Crippen LogP contribution is 2.38. The predicted molar refractivity (Wildman–Crippen MR) is 133 cm³/mol. The number of anilines is 2. The Hall–Kier alpha value is -3.60. The van der Waals surface area contributed by atoms with Crippen LogP contribution >= 0.6 is 0 Å². The lowest BCUT2D eigenvalue weighted by Crippen LogP contribution is -2.30. The molecule has 8 nitrogen and oxygen atoms in total. The van der Waals surface area contributed by atoms with Crippen LogP contribution in [0.1, 0.15) is 72.4 Å². The summed E-state index contributed by atoms with van der Waals surface area (Å²) in [5, 5.41) is 5.47. The lowest BCUT2D eigenvalue weighted by atomic mass is 9.96. The first kappa shape index (κ1) is 26.7. The summed E-state index contributed by atoms with van der Waals surface area (Å²) in [6.45, 7) is 14.7. The number of nitrogens with one attached hydrogen (secondary N) is 2. The molecule has 2 amide bonds. The van der Waals surface area contributed by atoms with Crippen LogP contribution in [0.5, 0.6) is 17.2 Å². The van der Waals surface area contributed by atoms with E-state index in [0.29, 0.717) is 17.1 Å². The third kappa shape index (κ3) is 6.47. The first-order chi connectivity index (χ1) is 15.7. The number of benzene rings is 1. The third-order valence-corrected chi connectivity index (χ3v) is 4.90. The number of hydrogen-bond acceptors (Lipinski definition) is 6. The van der Waals surface area contributed by atoms with Gasteiger partial charge in [-0.2, -0.15) is 4.98 Å². The van der Waals surface area contributed by atoms with E-state index in [4.69, 9.17) is 15.9 Å². The smallest absolute Gasteiger partial charge is 0.232 e. The molecule has 1 aromatic carbocycles. The molecule has 182 valence electrons. The fraction of sp³-hybridized carbons (Fsp3) is 0.462. The number of carbonyl (C=O) groups excluding carboxylic acids is 2. The molecule has 0 saturated carbocycles. The van der Waals surface area contributed by atoms with Gasteiger partial charge in [-0.3, -0.25) is 14.9 Å². The van der Waals surface area contributed by atoms with E-state index in [2.05, 4.69) is 26.5 Å². The van der Waals surface area contributed by atoms with Crippen LogP contribution in [0.2, 0.25) is 0 Å². The standard InChI is InChI=1S/C26H34N4O4/c1-11-16-12-19(17(15(2)3)13-18(16)33-10)34-20-14-27-24(30-23(32)26(7,8)9)29-21(20)28-22(31)25(4,5)6/h1,12-15H,2-10H3,(H2,27,28,29,30,31,32). The first-order valence-corrected chi connectivity index (χ1v) is 11.0. The largest absolute Gasteiger partial charge is 0.495 e. The van der Waals surface area contributed by atoms with E-state index >= 15 is 0 Å². The van der Waals surface area contributed by atoms with Crippen LogP contribution < -0.4 is 20.1 Å². The van der Waals surface area contributed by atoms with Crippen LogP contribution in [0, 0.1) is 23.2 Å². The molecule has 2 rings (SSSR count). The highest BCUT2D eigenvalue weighted by atomic mass is 16.5. The molecule has 0 atom stereocenters. The second-order valence-electron chi connectivity index (χ2n) is 10.3. The normalized spacial score (nSPS) is 11.6. The maximum atomic E-state index is 12.7. The number of nitrogens with zero attached hydrogens (tertiary/aromatic N) is 2. The minimum absolute atomic E-state index is 0.0552. The summed E-state index contributed by atoms with van der Waals surface area (Å²) in [6.07, 6.45) is 7.06. The van der Waals surface area contributed by atoms with E-state index in [1.54, 1.807) is 54.7 Å². The summed E-state index contributed by atoms with van der Waals surface area (Å²) in [7, 11) is 1.55. The second kappa shape index (κ2) is 10.1. The Morgan fingerprint density at radius 3 is 2.06 bits per heavy atom. The van der Waals surface area contributed by atoms with E-state index in [9.17, 15) is 9.59 Å². The fourth-order valence-corrected chi connectivity index (χ4v) is 2.69. The zero-order valence-corrected chi connectivity index (χ0v) is 21.4. The van der Waals surface area contributed by atoms with Crippen LogP contribution in [0.4, 0.5) is 11.8 Å². The van der Waals surface area contributed by atoms with Crippen LogP contribution in [-0.4, -0.2) is 28.9 Å². The van der Waals surface area contributed by atoms with Gasteiger partial charge >= 0.3 is 0 Å². The molecule has 1 aromatic heterocycles. The molecule has 0 bridgehead atoms. The first-order valence-electron chi connectivity index (χ1n) is 11.0. The van der Waals surface area contributed by atoms with Crippen molar-refractivity contribution in [2.45, 2.75) is 61.3 Å². The van der Waals surface area contributed by atoms with Crippen LogP contribution in [-0.2, 0) is 9.59 Å². The molecule has 0 spiro atoms. The summed E-state index contributed by atoms with van der Waals surface area (Å²) in [5.74, 6) is 3.61. The molecular weight excluding hydrogens is 432 g/mol. The molecular formula is C26H34N4O4. The SMILES string of the molecule is C#Cc1cc(Oc2cnc(NC(=O)C(C)(C)C)nc2NC(=O)C(C)(C)C)c(C(C)C)cc1OC. The van der Waals surface area contributed by atoms with Crippen molar-refractivity contribution in [1.82, 2.24) is 9.97 Å². The van der Waals surface area contributed by atoms with Gasteiger partial charge in [0, 0.05) is 22.5 Å². The average molecular weight is 467 g/mol. The zero-order valence-electron chi connectivity index (χ0n) is 21.4. The quantitative estimate of drug-likeness (QED) is 0.556. The maximum absolute atomic E-state index is 12.7. The Morgan fingerprint density at radius 1 is 0.971 bits per heavy atom. The van der Waals surface area contributed by atoms with Crippen molar-refractivity contribution < 1.29 is 19.1 Å². The number of ether oxygens (including phenoxy) is 2. The Balaban J connectivity index is 2.57. The molecule has 0 unspecified atom stereocenters. The van der Waals surface area contributed by atoms with Crippen LogP contribution in [0.25, 0.3) is 0 Å². The van der Waals surface area contributed by atoms with Crippen LogP contribution in [0.15, 0.2) is 18.3 Å². The lowest BCUT2D eigenvalue weighted by Gasteiger charge is -2.21. The van der Waals surface area contributed by atoms with Gasteiger partial charge in [0.05, 0.1) is 18.9 Å².